The summed E-state index contributed by atoms with van der Waals surface area (Å²) in [4.78, 5) is 82.9. The van der Waals surface area contributed by atoms with E-state index in [4.69, 9.17) is 0 Å². The van der Waals surface area contributed by atoms with Gasteiger partial charge in [0.05, 0.1) is 17.8 Å². The van der Waals surface area contributed by atoms with Crippen molar-refractivity contribution >= 4 is 53.0 Å². The number of piperidine rings is 3. The Morgan fingerprint density at radius 3 is 2.31 bits per heavy atom. The second-order valence-corrected chi connectivity index (χ2v) is 20.9. The molecule has 18 heteroatoms. The number of piperazine rings is 2. The maximum atomic E-state index is 15.7. The van der Waals surface area contributed by atoms with E-state index in [2.05, 4.69) is 66.6 Å². The summed E-state index contributed by atoms with van der Waals surface area (Å²) in [5.41, 5.74) is 3.16. The Morgan fingerprint density at radius 2 is 1.57 bits per heavy atom. The van der Waals surface area contributed by atoms with Crippen LogP contribution in [0.5, 0.6) is 0 Å². The van der Waals surface area contributed by atoms with Gasteiger partial charge in [0, 0.05) is 102 Å². The van der Waals surface area contributed by atoms with Crippen LogP contribution >= 0.6 is 0 Å². The summed E-state index contributed by atoms with van der Waals surface area (Å²) >= 11 is 0. The number of rotatable bonds is 18. The Bertz CT molecular complexity index is 2360. The van der Waals surface area contributed by atoms with Crippen LogP contribution in [0.2, 0.25) is 0 Å². The summed E-state index contributed by atoms with van der Waals surface area (Å²) < 4.78 is 31.2. The van der Waals surface area contributed by atoms with Crippen molar-refractivity contribution < 1.29 is 32.8 Å². The zero-order chi connectivity index (χ0) is 49.4. The first kappa shape index (κ1) is 50.5. The van der Waals surface area contributed by atoms with Gasteiger partial charge < -0.3 is 35.1 Å². The Morgan fingerprint density at radius 1 is 0.829 bits per heavy atom. The molecule has 0 bridgehead atoms. The van der Waals surface area contributed by atoms with E-state index < -0.39 is 29.1 Å². The Kier molecular flexibility index (Phi) is 16.2. The van der Waals surface area contributed by atoms with E-state index in [9.17, 15) is 24.0 Å². The van der Waals surface area contributed by atoms with Crippen LogP contribution in [-0.4, -0.2) is 138 Å². The first-order valence-corrected chi connectivity index (χ1v) is 25.4. The molecule has 16 nitrogen and oxygen atoms in total. The molecular formula is C52H71F2N11O5. The molecule has 70 heavy (non-hydrogen) atoms. The van der Waals surface area contributed by atoms with Gasteiger partial charge in [0.15, 0.2) is 0 Å². The van der Waals surface area contributed by atoms with Gasteiger partial charge in [-0.15, -0.1) is 0 Å². The summed E-state index contributed by atoms with van der Waals surface area (Å²) in [6, 6.07) is 10.0. The van der Waals surface area contributed by atoms with Gasteiger partial charge in [-0.25, -0.2) is 18.7 Å². The SMILES string of the molecule is Cc1ccc(N2CCN(C(=O)CCCCCCCNc3cc(N4CCC5(CC4)CN(c4cc(F)c(CN6CCC(C)(C)CC6)cc4F)CC(=O)N5)ncn3)CC2)cc1CN(C=O)C1CCC(=O)NC1=O. The number of benzene rings is 2. The number of aryl methyl sites for hydroxylation is 1. The minimum Gasteiger partial charge on any atom is -0.370 e. The molecule has 1 unspecified atom stereocenters. The number of aromatic nitrogens is 2. The maximum absolute atomic E-state index is 15.7. The van der Waals surface area contributed by atoms with Crippen molar-refractivity contribution in [1.29, 1.82) is 0 Å². The minimum absolute atomic E-state index is 0.0223. The number of unbranched alkanes of at least 4 members (excludes halogenated alkanes) is 4. The predicted octanol–water partition coefficient (Wildman–Crippen LogP) is 5.53. The molecule has 3 N–H and O–H groups in total. The molecule has 3 aromatic rings. The van der Waals surface area contributed by atoms with Gasteiger partial charge in [-0.1, -0.05) is 39.2 Å². The van der Waals surface area contributed by atoms with Gasteiger partial charge in [-0.2, -0.15) is 0 Å². The number of imide groups is 1. The summed E-state index contributed by atoms with van der Waals surface area (Å²) in [5.74, 6) is -0.152. The number of hydrogen-bond donors (Lipinski definition) is 3. The van der Waals surface area contributed by atoms with E-state index in [1.165, 1.54) is 17.0 Å². The smallest absolute Gasteiger partial charge is 0.249 e. The molecule has 6 heterocycles. The predicted molar refractivity (Wildman–Crippen MR) is 265 cm³/mol. The third kappa shape index (κ3) is 12.7. The fourth-order valence-electron chi connectivity index (χ4n) is 10.7. The number of carbonyl (C=O) groups excluding carboxylic acids is 5. The Hall–Kier alpha value is -5.91. The monoisotopic (exact) mass is 968 g/mol. The number of nitrogens with one attached hydrogen (secondary N) is 3. The van der Waals surface area contributed by atoms with Crippen molar-refractivity contribution in [3.63, 3.8) is 0 Å². The summed E-state index contributed by atoms with van der Waals surface area (Å²) in [6.45, 7) is 13.9. The van der Waals surface area contributed by atoms with Crippen molar-refractivity contribution in [3.05, 3.63) is 71.1 Å². The summed E-state index contributed by atoms with van der Waals surface area (Å²) in [7, 11) is 0. The molecule has 5 aliphatic rings. The lowest BCUT2D eigenvalue weighted by molar-refractivity contribution is -0.141. The van der Waals surface area contributed by atoms with E-state index in [1.807, 2.05) is 24.0 Å². The van der Waals surface area contributed by atoms with Gasteiger partial charge in [0.1, 0.15) is 35.6 Å². The average Bonchev–Trinajstić information content (AvgIpc) is 3.34. The van der Waals surface area contributed by atoms with E-state index in [0.717, 1.165) is 93.0 Å². The number of anilines is 4. The standard InChI is InChI=1S/C52H71F2N11O5/c1-37-10-11-40(27-38(37)32-65(36-66)43-12-13-47(67)58-50(43)70)61-23-25-63(26-24-61)49(69)9-7-5-4-6-8-18-55-45-30-46(57-35-56-45)62-21-16-52(17-22-62)34-64(33-48(68)59-52)44-29-41(53)39(28-42(44)54)31-60-19-14-51(2,3)15-20-60/h10-11,27-30,35-36,43H,4-9,12-26,31-34H2,1-3H3,(H,59,68)(H,55,56,57)(H,58,67,70). The van der Waals surface area contributed by atoms with Crippen LogP contribution in [0.1, 0.15) is 108 Å². The van der Waals surface area contributed by atoms with Gasteiger partial charge in [-0.05, 0) is 99.7 Å². The highest BCUT2D eigenvalue weighted by Crippen LogP contribution is 2.35. The van der Waals surface area contributed by atoms with Gasteiger partial charge in [0.25, 0.3) is 0 Å². The zero-order valence-corrected chi connectivity index (χ0v) is 41.2. The first-order valence-electron chi connectivity index (χ1n) is 25.4. The van der Waals surface area contributed by atoms with Crippen LogP contribution in [0.25, 0.3) is 0 Å². The number of amides is 5. The molecule has 1 aromatic heterocycles. The van der Waals surface area contributed by atoms with Crippen molar-refractivity contribution in [2.45, 2.75) is 122 Å². The molecule has 5 fully saturated rings. The summed E-state index contributed by atoms with van der Waals surface area (Å²) in [6.07, 6.45) is 11.5. The van der Waals surface area contributed by atoms with Crippen molar-refractivity contribution in [1.82, 2.24) is 35.3 Å². The fourth-order valence-corrected chi connectivity index (χ4v) is 10.7. The van der Waals surface area contributed by atoms with Crippen molar-refractivity contribution in [2.75, 3.05) is 92.0 Å². The number of likely N-dealkylation sites (tertiary alicyclic amines) is 1. The minimum atomic E-state index is -0.674. The quantitative estimate of drug-likeness (QED) is 0.0832. The van der Waals surface area contributed by atoms with Crippen molar-refractivity contribution in [2.24, 2.45) is 5.41 Å². The van der Waals surface area contributed by atoms with Crippen LogP contribution in [-0.2, 0) is 37.1 Å². The highest BCUT2D eigenvalue weighted by Gasteiger charge is 2.42. The van der Waals surface area contributed by atoms with Gasteiger partial charge in [-0.3, -0.25) is 34.2 Å². The Labute approximate surface area is 410 Å². The fraction of sp³-hybridized carbons (Fsp3) is 0.596. The van der Waals surface area contributed by atoms with Crippen LogP contribution < -0.4 is 30.7 Å². The lowest BCUT2D eigenvalue weighted by atomic mass is 9.82. The Balaban J connectivity index is 0.711. The van der Waals surface area contributed by atoms with Gasteiger partial charge >= 0.3 is 0 Å². The molecule has 0 radical (unpaired) electrons. The number of carbonyl (C=O) groups is 5. The molecule has 378 valence electrons. The number of hydrogen-bond acceptors (Lipinski definition) is 12. The number of halogens is 2. The molecule has 0 aliphatic carbocycles. The molecule has 8 rings (SSSR count). The second kappa shape index (κ2) is 22.4. The van der Waals surface area contributed by atoms with Crippen LogP contribution in [0, 0.1) is 24.0 Å². The molecule has 1 spiro atoms. The lowest BCUT2D eigenvalue weighted by Crippen LogP contribution is -2.66. The maximum Gasteiger partial charge on any atom is 0.249 e. The largest absolute Gasteiger partial charge is 0.370 e. The van der Waals surface area contributed by atoms with E-state index >= 15 is 8.78 Å². The molecule has 5 saturated heterocycles. The topological polar surface area (TPSA) is 167 Å². The highest BCUT2D eigenvalue weighted by atomic mass is 19.1. The highest BCUT2D eigenvalue weighted by molar-refractivity contribution is 6.00. The van der Waals surface area contributed by atoms with Crippen LogP contribution in [0.4, 0.5) is 31.8 Å². The lowest BCUT2D eigenvalue weighted by Gasteiger charge is -2.48. The van der Waals surface area contributed by atoms with Crippen LogP contribution in [0.15, 0.2) is 42.7 Å². The zero-order valence-electron chi connectivity index (χ0n) is 41.2. The van der Waals surface area contributed by atoms with Crippen molar-refractivity contribution in [3.8, 4) is 0 Å². The summed E-state index contributed by atoms with van der Waals surface area (Å²) in [5, 5.41) is 8.97. The van der Waals surface area contributed by atoms with Gasteiger partial charge in [0.2, 0.25) is 30.0 Å². The number of nitrogens with zero attached hydrogens (tertiary/aromatic N) is 8. The first-order chi connectivity index (χ1) is 33.7. The normalized spacial score (nSPS) is 20.6. The van der Waals surface area contributed by atoms with E-state index in [1.54, 1.807) is 11.2 Å². The molecule has 0 saturated carbocycles. The molecule has 2 aromatic carbocycles. The second-order valence-electron chi connectivity index (χ2n) is 20.9. The molecule has 1 atom stereocenters. The van der Waals surface area contributed by atoms with E-state index in [-0.39, 0.29) is 48.3 Å². The average molecular weight is 968 g/mol. The van der Waals surface area contributed by atoms with Crippen LogP contribution in [0.3, 0.4) is 0 Å². The van der Waals surface area contributed by atoms with E-state index in [0.29, 0.717) is 90.0 Å². The third-order valence-electron chi connectivity index (χ3n) is 15.3. The molecule has 5 aliphatic heterocycles. The molecular weight excluding hydrogens is 897 g/mol. The third-order valence-corrected chi connectivity index (χ3v) is 15.3. The molecule has 5 amide bonds.